The zero-order chi connectivity index (χ0) is 17.9. The highest BCUT2D eigenvalue weighted by Crippen LogP contribution is 2.36. The van der Waals surface area contributed by atoms with Gasteiger partial charge in [-0.2, -0.15) is 0 Å². The largest absolute Gasteiger partial charge is 0.334 e. The maximum absolute atomic E-state index is 13.5. The van der Waals surface area contributed by atoms with Crippen LogP contribution in [0.2, 0.25) is 0 Å². The molecule has 1 saturated carbocycles. The van der Waals surface area contributed by atoms with Crippen LogP contribution in [0.1, 0.15) is 24.4 Å². The normalized spacial score (nSPS) is 13.4. The minimum atomic E-state index is -0.399. The second kappa shape index (κ2) is 6.91. The number of hydrogen-bond donors (Lipinski definition) is 2. The number of tetrazole rings is 1. The molecule has 7 nitrogen and oxygen atoms in total. The second-order valence-electron chi connectivity index (χ2n) is 6.15. The lowest BCUT2D eigenvalue weighted by Gasteiger charge is -2.09. The first-order valence-electron chi connectivity index (χ1n) is 8.37. The third kappa shape index (κ3) is 3.53. The summed E-state index contributed by atoms with van der Waals surface area (Å²) in [6.07, 6.45) is 2.19. The lowest BCUT2D eigenvalue weighted by Crippen LogP contribution is -2.28. The molecule has 2 aromatic carbocycles. The van der Waals surface area contributed by atoms with Crippen molar-refractivity contribution in [2.75, 3.05) is 5.32 Å². The van der Waals surface area contributed by atoms with Crippen LogP contribution in [0.5, 0.6) is 0 Å². The van der Waals surface area contributed by atoms with Crippen LogP contribution in [-0.4, -0.2) is 26.2 Å². The Labute approximate surface area is 149 Å². The van der Waals surface area contributed by atoms with Gasteiger partial charge in [0.05, 0.1) is 6.04 Å². The summed E-state index contributed by atoms with van der Waals surface area (Å²) in [4.78, 5) is 12.0. The average Bonchev–Trinajstić information content (AvgIpc) is 3.38. The smallest absolute Gasteiger partial charge is 0.319 e. The standard InChI is InChI=1S/C18H17FN6O/c19-16-4-2-1-3-13(16)11-20-18(26)21-14-7-5-12(6-8-14)17-22-23-24-25(17)15-9-10-15/h1-8,15H,9-11H2,(H2,20,21,26). The highest BCUT2D eigenvalue weighted by molar-refractivity contribution is 5.89. The number of hydrogen-bond acceptors (Lipinski definition) is 4. The first kappa shape index (κ1) is 16.2. The van der Waals surface area contributed by atoms with Crippen LogP contribution in [-0.2, 0) is 6.54 Å². The van der Waals surface area contributed by atoms with Crippen LogP contribution in [0.25, 0.3) is 11.4 Å². The molecule has 1 aliphatic carbocycles. The molecule has 0 unspecified atom stereocenters. The number of nitrogens with one attached hydrogen (secondary N) is 2. The van der Waals surface area contributed by atoms with E-state index in [1.807, 2.05) is 16.8 Å². The van der Waals surface area contributed by atoms with Gasteiger partial charge in [0.1, 0.15) is 5.82 Å². The van der Waals surface area contributed by atoms with Crippen molar-refractivity contribution in [1.29, 1.82) is 0 Å². The van der Waals surface area contributed by atoms with Crippen LogP contribution in [0.3, 0.4) is 0 Å². The molecule has 0 spiro atoms. The Morgan fingerprint density at radius 1 is 1.15 bits per heavy atom. The van der Waals surface area contributed by atoms with Gasteiger partial charge in [-0.05, 0) is 53.6 Å². The van der Waals surface area contributed by atoms with E-state index in [0.717, 1.165) is 24.2 Å². The minimum Gasteiger partial charge on any atom is -0.334 e. The highest BCUT2D eigenvalue weighted by atomic mass is 19.1. The Morgan fingerprint density at radius 2 is 1.92 bits per heavy atom. The Balaban J connectivity index is 1.37. The molecule has 0 atom stereocenters. The van der Waals surface area contributed by atoms with Crippen LogP contribution in [0.15, 0.2) is 48.5 Å². The molecule has 2 N–H and O–H groups in total. The lowest BCUT2D eigenvalue weighted by atomic mass is 10.2. The number of aromatic nitrogens is 4. The van der Waals surface area contributed by atoms with Gasteiger partial charge in [-0.25, -0.2) is 13.9 Å². The SMILES string of the molecule is O=C(NCc1ccccc1F)Nc1ccc(-c2nnnn2C2CC2)cc1. The van der Waals surface area contributed by atoms with Crippen molar-refractivity contribution in [2.45, 2.75) is 25.4 Å². The van der Waals surface area contributed by atoms with E-state index < -0.39 is 6.03 Å². The maximum Gasteiger partial charge on any atom is 0.319 e. The van der Waals surface area contributed by atoms with Gasteiger partial charge in [-0.15, -0.1) is 5.10 Å². The number of rotatable bonds is 5. The van der Waals surface area contributed by atoms with Crippen molar-refractivity contribution in [3.63, 3.8) is 0 Å². The Morgan fingerprint density at radius 3 is 2.65 bits per heavy atom. The van der Waals surface area contributed by atoms with Gasteiger partial charge in [0.15, 0.2) is 5.82 Å². The van der Waals surface area contributed by atoms with E-state index in [4.69, 9.17) is 0 Å². The molecule has 1 aromatic heterocycles. The van der Waals surface area contributed by atoms with Gasteiger partial charge in [0.2, 0.25) is 0 Å². The summed E-state index contributed by atoms with van der Waals surface area (Å²) in [7, 11) is 0. The number of anilines is 1. The predicted octanol–water partition coefficient (Wildman–Crippen LogP) is 3.14. The van der Waals surface area contributed by atoms with E-state index in [2.05, 4.69) is 26.2 Å². The predicted molar refractivity (Wildman–Crippen MR) is 93.8 cm³/mol. The fourth-order valence-electron chi connectivity index (χ4n) is 2.64. The van der Waals surface area contributed by atoms with Gasteiger partial charge >= 0.3 is 6.03 Å². The van der Waals surface area contributed by atoms with Crippen LogP contribution >= 0.6 is 0 Å². The number of carbonyl (C=O) groups is 1. The maximum atomic E-state index is 13.5. The first-order valence-corrected chi connectivity index (χ1v) is 8.37. The quantitative estimate of drug-likeness (QED) is 0.739. The van der Waals surface area contributed by atoms with Gasteiger partial charge in [0.25, 0.3) is 0 Å². The zero-order valence-electron chi connectivity index (χ0n) is 13.9. The van der Waals surface area contributed by atoms with Gasteiger partial charge < -0.3 is 10.6 Å². The second-order valence-corrected chi connectivity index (χ2v) is 6.15. The molecule has 1 aliphatic rings. The van der Waals surface area contributed by atoms with E-state index in [-0.39, 0.29) is 12.4 Å². The molecule has 3 aromatic rings. The molecular formula is C18H17FN6O. The first-order chi connectivity index (χ1) is 12.7. The van der Waals surface area contributed by atoms with Crippen LogP contribution < -0.4 is 10.6 Å². The van der Waals surface area contributed by atoms with E-state index >= 15 is 0 Å². The molecule has 0 saturated heterocycles. The summed E-state index contributed by atoms with van der Waals surface area (Å²) in [6.45, 7) is 0.118. The van der Waals surface area contributed by atoms with Crippen LogP contribution in [0.4, 0.5) is 14.9 Å². The third-order valence-corrected chi connectivity index (χ3v) is 4.18. The number of urea groups is 1. The number of halogens is 1. The van der Waals surface area contributed by atoms with Crippen LogP contribution in [0, 0.1) is 5.82 Å². The number of amides is 2. The number of carbonyl (C=O) groups excluding carboxylic acids is 1. The molecule has 8 heteroatoms. The lowest BCUT2D eigenvalue weighted by molar-refractivity contribution is 0.251. The molecule has 132 valence electrons. The molecule has 4 rings (SSSR count). The molecular weight excluding hydrogens is 335 g/mol. The van der Waals surface area contributed by atoms with Crippen molar-refractivity contribution >= 4 is 11.7 Å². The molecule has 0 radical (unpaired) electrons. The molecule has 2 amide bonds. The van der Waals surface area contributed by atoms with Crippen molar-refractivity contribution in [2.24, 2.45) is 0 Å². The third-order valence-electron chi connectivity index (χ3n) is 4.18. The van der Waals surface area contributed by atoms with E-state index in [0.29, 0.717) is 17.3 Å². The average molecular weight is 352 g/mol. The summed E-state index contributed by atoms with van der Waals surface area (Å²) in [6, 6.07) is 13.6. The van der Waals surface area contributed by atoms with Gasteiger partial charge in [0, 0.05) is 23.4 Å². The van der Waals surface area contributed by atoms with Gasteiger partial charge in [-0.1, -0.05) is 18.2 Å². The number of nitrogens with zero attached hydrogens (tertiary/aromatic N) is 4. The summed E-state index contributed by atoms with van der Waals surface area (Å²) in [5, 5.41) is 17.2. The minimum absolute atomic E-state index is 0.118. The Hall–Kier alpha value is -3.29. The fourth-order valence-corrected chi connectivity index (χ4v) is 2.64. The molecule has 26 heavy (non-hydrogen) atoms. The highest BCUT2D eigenvalue weighted by Gasteiger charge is 2.28. The number of benzene rings is 2. The van der Waals surface area contributed by atoms with Crippen molar-refractivity contribution < 1.29 is 9.18 Å². The summed E-state index contributed by atoms with van der Waals surface area (Å²) < 4.78 is 15.4. The van der Waals surface area contributed by atoms with Gasteiger partial charge in [-0.3, -0.25) is 0 Å². The van der Waals surface area contributed by atoms with E-state index in [9.17, 15) is 9.18 Å². The monoisotopic (exact) mass is 352 g/mol. The molecule has 1 fully saturated rings. The van der Waals surface area contributed by atoms with E-state index in [1.54, 1.807) is 30.3 Å². The molecule has 0 aliphatic heterocycles. The summed E-state index contributed by atoms with van der Waals surface area (Å²) >= 11 is 0. The molecule has 1 heterocycles. The van der Waals surface area contributed by atoms with Crippen molar-refractivity contribution in [1.82, 2.24) is 25.5 Å². The molecule has 0 bridgehead atoms. The summed E-state index contributed by atoms with van der Waals surface area (Å²) in [5.41, 5.74) is 1.95. The Kier molecular flexibility index (Phi) is 4.30. The summed E-state index contributed by atoms with van der Waals surface area (Å²) in [5.74, 6) is 0.383. The zero-order valence-corrected chi connectivity index (χ0v) is 13.9. The van der Waals surface area contributed by atoms with E-state index in [1.165, 1.54) is 6.07 Å². The van der Waals surface area contributed by atoms with Crippen molar-refractivity contribution in [3.05, 3.63) is 59.9 Å². The Bertz CT molecular complexity index is 919. The van der Waals surface area contributed by atoms with Crippen molar-refractivity contribution in [3.8, 4) is 11.4 Å². The topological polar surface area (TPSA) is 84.7 Å². The fraction of sp³-hybridized carbons (Fsp3) is 0.222.